The van der Waals surface area contributed by atoms with Crippen molar-refractivity contribution in [2.24, 2.45) is 5.73 Å². The molecular weight excluding hydrogens is 396 g/mol. The number of benzene rings is 2. The lowest BCUT2D eigenvalue weighted by Crippen LogP contribution is -2.39. The van der Waals surface area contributed by atoms with E-state index in [4.69, 9.17) is 10.5 Å². The molecule has 2 aliphatic rings. The number of halogens is 2. The summed E-state index contributed by atoms with van der Waals surface area (Å²) in [5.41, 5.74) is 5.66. The molecule has 156 valence electrons. The minimum atomic E-state index is -0.991. The molecule has 0 bridgehead atoms. The summed E-state index contributed by atoms with van der Waals surface area (Å²) >= 11 is 0. The van der Waals surface area contributed by atoms with Gasteiger partial charge in [-0.15, -0.1) is 0 Å². The van der Waals surface area contributed by atoms with Gasteiger partial charge in [-0.3, -0.25) is 4.90 Å². The fourth-order valence-electron chi connectivity index (χ4n) is 3.91. The molecule has 0 saturated carbocycles. The largest absolute Gasteiger partial charge is 0.443 e. The maximum Gasteiger partial charge on any atom is 0.414 e. The quantitative estimate of drug-likeness (QED) is 0.820. The molecule has 2 aromatic carbocycles. The van der Waals surface area contributed by atoms with Crippen molar-refractivity contribution in [1.29, 1.82) is 0 Å². The van der Waals surface area contributed by atoms with E-state index < -0.39 is 33.9 Å². The number of hydrogen-bond donors (Lipinski definition) is 1. The summed E-state index contributed by atoms with van der Waals surface area (Å²) in [7, 11) is -0.991. The molecule has 2 N–H and O–H groups in total. The predicted molar refractivity (Wildman–Crippen MR) is 113 cm³/mol. The van der Waals surface area contributed by atoms with Gasteiger partial charge in [-0.25, -0.2) is 23.6 Å². The van der Waals surface area contributed by atoms with Crippen molar-refractivity contribution in [3.05, 3.63) is 54.1 Å². The Labute approximate surface area is 170 Å². The highest BCUT2D eigenvalue weighted by atomic mass is 32.3. The Morgan fingerprint density at radius 1 is 1.14 bits per heavy atom. The van der Waals surface area contributed by atoms with Crippen molar-refractivity contribution < 1.29 is 18.3 Å². The van der Waals surface area contributed by atoms with Crippen LogP contribution in [0.25, 0.3) is 0 Å². The van der Waals surface area contributed by atoms with Crippen LogP contribution in [0.3, 0.4) is 0 Å². The highest BCUT2D eigenvalue weighted by molar-refractivity contribution is 8.33. The van der Waals surface area contributed by atoms with Crippen LogP contribution in [-0.4, -0.2) is 56.1 Å². The van der Waals surface area contributed by atoms with Crippen LogP contribution in [0, 0.1) is 11.6 Å². The van der Waals surface area contributed by atoms with E-state index in [9.17, 15) is 13.6 Å². The topological polar surface area (TPSA) is 58.8 Å². The second-order valence-electron chi connectivity index (χ2n) is 7.59. The van der Waals surface area contributed by atoms with Crippen LogP contribution in [0.1, 0.15) is 0 Å². The van der Waals surface area contributed by atoms with Gasteiger partial charge in [-0.1, -0.05) is 30.3 Å². The number of rotatable bonds is 4. The van der Waals surface area contributed by atoms with Crippen LogP contribution < -0.4 is 15.5 Å². The smallest absolute Gasteiger partial charge is 0.414 e. The van der Waals surface area contributed by atoms with Gasteiger partial charge in [0.2, 0.25) is 0 Å². The number of cyclic esters (lactones) is 1. The third-order valence-electron chi connectivity index (χ3n) is 5.70. The molecule has 29 heavy (non-hydrogen) atoms. The zero-order valence-corrected chi connectivity index (χ0v) is 17.1. The standard InChI is InChI=1S/C21H25F2N3O2S/c1-29(17-5-3-2-4-6-17)9-7-25(8-10-29)20-18(22)11-15(12-19(20)23)26-14-16(13-24)28-21(26)27/h2-6,11-12,16H,7-10,13-14,24H2,1H3. The van der Waals surface area contributed by atoms with Crippen LogP contribution in [0.5, 0.6) is 0 Å². The Bertz CT molecular complexity index is 881. The summed E-state index contributed by atoms with van der Waals surface area (Å²) in [5, 5.41) is 0. The van der Waals surface area contributed by atoms with Gasteiger partial charge in [0.15, 0.2) is 11.6 Å². The van der Waals surface area contributed by atoms with Crippen LogP contribution >= 0.6 is 10.0 Å². The molecule has 2 aliphatic heterocycles. The Morgan fingerprint density at radius 2 is 1.76 bits per heavy atom. The second-order valence-corrected chi connectivity index (χ2v) is 11.4. The number of carbonyl (C=O) groups is 1. The molecule has 0 aliphatic carbocycles. The fraction of sp³-hybridized carbons (Fsp3) is 0.381. The average molecular weight is 422 g/mol. The average Bonchev–Trinajstić information content (AvgIpc) is 3.10. The normalized spacial score (nSPS) is 22.5. The predicted octanol–water partition coefficient (Wildman–Crippen LogP) is 3.56. The van der Waals surface area contributed by atoms with E-state index in [2.05, 4.69) is 18.4 Å². The van der Waals surface area contributed by atoms with Gasteiger partial charge in [0.1, 0.15) is 11.8 Å². The van der Waals surface area contributed by atoms with Gasteiger partial charge in [0, 0.05) is 31.8 Å². The Balaban J connectivity index is 1.52. The Kier molecular flexibility index (Phi) is 5.40. The maximum atomic E-state index is 14.9. The number of ether oxygens (including phenoxy) is 1. The lowest BCUT2D eigenvalue weighted by Gasteiger charge is -2.45. The molecule has 8 heteroatoms. The SMILES string of the molecule is CS1(c2ccccc2)CCN(c2c(F)cc(N3CC(CN)OC3=O)cc2F)CC1. The zero-order chi connectivity index (χ0) is 20.6. The Hall–Kier alpha value is -2.32. The van der Waals surface area contributed by atoms with Crippen molar-refractivity contribution in [2.45, 2.75) is 11.0 Å². The maximum absolute atomic E-state index is 14.9. The fourth-order valence-corrected chi connectivity index (χ4v) is 6.65. The summed E-state index contributed by atoms with van der Waals surface area (Å²) in [6, 6.07) is 12.8. The summed E-state index contributed by atoms with van der Waals surface area (Å²) in [5.74, 6) is 0.437. The minimum Gasteiger partial charge on any atom is -0.443 e. The van der Waals surface area contributed by atoms with E-state index in [0.717, 1.165) is 11.5 Å². The first-order chi connectivity index (χ1) is 13.9. The van der Waals surface area contributed by atoms with Crippen LogP contribution in [0.2, 0.25) is 0 Å². The summed E-state index contributed by atoms with van der Waals surface area (Å²) in [6.45, 7) is 1.54. The van der Waals surface area contributed by atoms with Crippen molar-refractivity contribution in [1.82, 2.24) is 0 Å². The van der Waals surface area contributed by atoms with Gasteiger partial charge in [0.05, 0.1) is 12.2 Å². The van der Waals surface area contributed by atoms with Crippen molar-refractivity contribution in [2.75, 3.05) is 53.7 Å². The van der Waals surface area contributed by atoms with E-state index in [0.29, 0.717) is 13.1 Å². The number of anilines is 2. The molecule has 1 atom stereocenters. The molecule has 2 fully saturated rings. The van der Waals surface area contributed by atoms with Gasteiger partial charge in [0.25, 0.3) is 0 Å². The minimum absolute atomic E-state index is 0.0220. The summed E-state index contributed by atoms with van der Waals surface area (Å²) in [4.78, 5) is 16.3. The molecule has 2 heterocycles. The molecule has 2 saturated heterocycles. The lowest BCUT2D eigenvalue weighted by molar-refractivity contribution is 0.145. The number of nitrogens with zero attached hydrogens (tertiary/aromatic N) is 2. The molecule has 0 radical (unpaired) electrons. The third-order valence-corrected chi connectivity index (χ3v) is 9.28. The summed E-state index contributed by atoms with van der Waals surface area (Å²) < 4.78 is 34.9. The second kappa shape index (κ2) is 7.84. The van der Waals surface area contributed by atoms with E-state index in [1.807, 2.05) is 18.2 Å². The number of nitrogens with two attached hydrogens (primary N) is 1. The van der Waals surface area contributed by atoms with E-state index in [1.165, 1.54) is 21.9 Å². The molecule has 4 rings (SSSR count). The van der Waals surface area contributed by atoms with Crippen LogP contribution in [0.15, 0.2) is 47.4 Å². The number of amides is 1. The van der Waals surface area contributed by atoms with Gasteiger partial charge in [-0.05, 0) is 22.7 Å². The summed E-state index contributed by atoms with van der Waals surface area (Å²) in [6.07, 6.45) is 1.18. The van der Waals surface area contributed by atoms with Crippen molar-refractivity contribution in [3.63, 3.8) is 0 Å². The molecule has 0 aromatic heterocycles. The van der Waals surface area contributed by atoms with Crippen LogP contribution in [-0.2, 0) is 4.74 Å². The number of carbonyl (C=O) groups excluding carboxylic acids is 1. The third kappa shape index (κ3) is 3.79. The first-order valence-corrected chi connectivity index (χ1v) is 12.0. The number of hydrogen-bond acceptors (Lipinski definition) is 4. The Morgan fingerprint density at radius 3 is 2.31 bits per heavy atom. The molecule has 5 nitrogen and oxygen atoms in total. The van der Waals surface area contributed by atoms with E-state index in [-0.39, 0.29) is 24.5 Å². The van der Waals surface area contributed by atoms with E-state index in [1.54, 1.807) is 4.90 Å². The van der Waals surface area contributed by atoms with Gasteiger partial charge in [-0.2, -0.15) is 0 Å². The monoisotopic (exact) mass is 421 g/mol. The van der Waals surface area contributed by atoms with E-state index >= 15 is 0 Å². The van der Waals surface area contributed by atoms with Crippen LogP contribution in [0.4, 0.5) is 25.0 Å². The first kappa shape index (κ1) is 20.0. The highest BCUT2D eigenvalue weighted by Crippen LogP contribution is 2.54. The molecule has 0 spiro atoms. The molecular formula is C21H25F2N3O2S. The zero-order valence-electron chi connectivity index (χ0n) is 16.3. The first-order valence-electron chi connectivity index (χ1n) is 9.62. The van der Waals surface area contributed by atoms with Gasteiger partial charge >= 0.3 is 6.09 Å². The van der Waals surface area contributed by atoms with Gasteiger partial charge < -0.3 is 15.4 Å². The lowest BCUT2D eigenvalue weighted by atomic mass is 10.2. The van der Waals surface area contributed by atoms with Crippen molar-refractivity contribution in [3.8, 4) is 0 Å². The highest BCUT2D eigenvalue weighted by Gasteiger charge is 2.34. The molecule has 1 amide bonds. The van der Waals surface area contributed by atoms with Crippen molar-refractivity contribution >= 4 is 27.5 Å². The molecule has 1 unspecified atom stereocenters. The molecule has 2 aromatic rings.